The second kappa shape index (κ2) is 8.92. The Labute approximate surface area is 163 Å². The Balaban J connectivity index is 1.48. The van der Waals surface area contributed by atoms with E-state index in [1.54, 1.807) is 19.2 Å². The highest BCUT2D eigenvalue weighted by atomic mass is 35.5. The zero-order valence-electron chi connectivity index (χ0n) is 15.3. The molecule has 0 aliphatic carbocycles. The first-order valence-electron chi connectivity index (χ1n) is 8.86. The summed E-state index contributed by atoms with van der Waals surface area (Å²) in [5.74, 6) is 1.05. The minimum Gasteiger partial charge on any atom is -0.454 e. The molecule has 1 aliphatic rings. The molecular weight excluding hydrogens is 366 g/mol. The van der Waals surface area contributed by atoms with Crippen LogP contribution in [0.2, 0.25) is 5.02 Å². The largest absolute Gasteiger partial charge is 0.454 e. The molecule has 2 heterocycles. The molecule has 0 spiro atoms. The van der Waals surface area contributed by atoms with Gasteiger partial charge >= 0.3 is 0 Å². The molecule has 3 rings (SSSR count). The maximum atomic E-state index is 11.1. The van der Waals surface area contributed by atoms with E-state index >= 15 is 0 Å². The average molecular weight is 390 g/mol. The van der Waals surface area contributed by atoms with E-state index < -0.39 is 5.91 Å². The predicted octanol–water partition coefficient (Wildman–Crippen LogP) is 1.93. The van der Waals surface area contributed by atoms with Crippen molar-refractivity contribution in [3.8, 4) is 0 Å². The normalized spacial score (nSPS) is 15.8. The minimum absolute atomic E-state index is 0.163. The van der Waals surface area contributed by atoms with Crippen LogP contribution in [0.5, 0.6) is 0 Å². The number of carbonyl (C=O) groups excluding carboxylic acids is 1. The molecule has 8 heteroatoms. The van der Waals surface area contributed by atoms with Crippen molar-refractivity contribution in [3.05, 3.63) is 58.5 Å². The van der Waals surface area contributed by atoms with Gasteiger partial charge in [-0.15, -0.1) is 0 Å². The van der Waals surface area contributed by atoms with Crippen LogP contribution in [0.25, 0.3) is 0 Å². The Hall–Kier alpha value is -2.51. The lowest BCUT2D eigenvalue weighted by Gasteiger charge is -2.36. The standard InChI is InChI=1S/C19H24ClN5O2/c1-22-19(23-12-16-5-6-17(27-16)18(21)26)25-9-7-24(8-10-25)13-14-3-2-4-15(20)11-14/h2-6,11H,7-10,12-13H2,1H3,(H2,21,26)(H,22,23). The second-order valence-corrected chi connectivity index (χ2v) is 6.86. The van der Waals surface area contributed by atoms with Gasteiger partial charge in [-0.05, 0) is 29.8 Å². The van der Waals surface area contributed by atoms with Crippen LogP contribution in [-0.2, 0) is 13.1 Å². The highest BCUT2D eigenvalue weighted by molar-refractivity contribution is 6.30. The van der Waals surface area contributed by atoms with Crippen LogP contribution in [-0.4, -0.2) is 54.9 Å². The molecule has 27 heavy (non-hydrogen) atoms. The SMILES string of the molecule is CN=C(NCc1ccc(C(N)=O)o1)N1CCN(Cc2cccc(Cl)c2)CC1. The molecule has 0 unspecified atom stereocenters. The van der Waals surface area contributed by atoms with Gasteiger partial charge in [0, 0.05) is 44.8 Å². The summed E-state index contributed by atoms with van der Waals surface area (Å²) in [6, 6.07) is 11.3. The van der Waals surface area contributed by atoms with E-state index in [9.17, 15) is 4.79 Å². The predicted molar refractivity (Wildman–Crippen MR) is 106 cm³/mol. The third-order valence-corrected chi connectivity index (χ3v) is 4.74. The van der Waals surface area contributed by atoms with Crippen LogP contribution < -0.4 is 11.1 Å². The van der Waals surface area contributed by atoms with Gasteiger partial charge < -0.3 is 20.4 Å². The number of hydrogen-bond acceptors (Lipinski definition) is 4. The molecule has 7 nitrogen and oxygen atoms in total. The Morgan fingerprint density at radius 1 is 1.26 bits per heavy atom. The summed E-state index contributed by atoms with van der Waals surface area (Å²) >= 11 is 6.07. The first-order valence-corrected chi connectivity index (χ1v) is 9.24. The summed E-state index contributed by atoms with van der Waals surface area (Å²) in [5, 5.41) is 4.05. The highest BCUT2D eigenvalue weighted by Gasteiger charge is 2.20. The fourth-order valence-corrected chi connectivity index (χ4v) is 3.33. The van der Waals surface area contributed by atoms with Crippen molar-refractivity contribution < 1.29 is 9.21 Å². The Morgan fingerprint density at radius 3 is 2.67 bits per heavy atom. The molecule has 1 fully saturated rings. The third kappa shape index (κ3) is 5.24. The van der Waals surface area contributed by atoms with E-state index in [1.165, 1.54) is 5.56 Å². The maximum Gasteiger partial charge on any atom is 0.284 e. The summed E-state index contributed by atoms with van der Waals surface area (Å²) in [6.07, 6.45) is 0. The topological polar surface area (TPSA) is 87.1 Å². The molecule has 0 radical (unpaired) electrons. The number of nitrogens with zero attached hydrogens (tertiary/aromatic N) is 3. The third-order valence-electron chi connectivity index (χ3n) is 4.50. The van der Waals surface area contributed by atoms with Gasteiger partial charge in [0.2, 0.25) is 0 Å². The van der Waals surface area contributed by atoms with Crippen molar-refractivity contribution in [3.63, 3.8) is 0 Å². The quantitative estimate of drug-likeness (QED) is 0.602. The monoisotopic (exact) mass is 389 g/mol. The number of primary amides is 1. The number of piperazine rings is 1. The first kappa shape index (κ1) is 19.3. The number of guanidine groups is 1. The van der Waals surface area contributed by atoms with Crippen molar-refractivity contribution in [2.45, 2.75) is 13.1 Å². The molecule has 1 aromatic carbocycles. The van der Waals surface area contributed by atoms with Crippen LogP contribution in [0.4, 0.5) is 0 Å². The second-order valence-electron chi connectivity index (χ2n) is 6.42. The van der Waals surface area contributed by atoms with E-state index in [2.05, 4.69) is 26.2 Å². The number of nitrogens with one attached hydrogen (secondary N) is 1. The maximum absolute atomic E-state index is 11.1. The fraction of sp³-hybridized carbons (Fsp3) is 0.368. The van der Waals surface area contributed by atoms with Gasteiger partial charge in [-0.2, -0.15) is 0 Å². The molecule has 2 aromatic rings. The number of benzene rings is 1. The van der Waals surface area contributed by atoms with Crippen LogP contribution in [0.1, 0.15) is 21.9 Å². The summed E-state index contributed by atoms with van der Waals surface area (Å²) in [5.41, 5.74) is 6.43. The van der Waals surface area contributed by atoms with Crippen LogP contribution in [0.15, 0.2) is 45.8 Å². The van der Waals surface area contributed by atoms with Gasteiger partial charge in [-0.3, -0.25) is 14.7 Å². The van der Waals surface area contributed by atoms with E-state index in [-0.39, 0.29) is 5.76 Å². The highest BCUT2D eigenvalue weighted by Crippen LogP contribution is 2.14. The summed E-state index contributed by atoms with van der Waals surface area (Å²) < 4.78 is 5.39. The first-order chi connectivity index (χ1) is 13.0. The van der Waals surface area contributed by atoms with Crippen LogP contribution >= 0.6 is 11.6 Å². The van der Waals surface area contributed by atoms with Crippen LogP contribution in [0, 0.1) is 0 Å². The lowest BCUT2D eigenvalue weighted by molar-refractivity contribution is 0.0972. The van der Waals surface area contributed by atoms with Gasteiger partial charge in [0.05, 0.1) is 6.54 Å². The Morgan fingerprint density at radius 2 is 2.04 bits per heavy atom. The van der Waals surface area contributed by atoms with E-state index in [1.807, 2.05) is 18.2 Å². The summed E-state index contributed by atoms with van der Waals surface area (Å²) in [6.45, 7) is 4.99. The number of hydrogen-bond donors (Lipinski definition) is 2. The van der Waals surface area contributed by atoms with Gasteiger partial charge in [-0.1, -0.05) is 23.7 Å². The Kier molecular flexibility index (Phi) is 6.36. The molecular formula is C19H24ClN5O2. The molecule has 1 aromatic heterocycles. The molecule has 1 saturated heterocycles. The minimum atomic E-state index is -0.568. The molecule has 1 aliphatic heterocycles. The smallest absolute Gasteiger partial charge is 0.284 e. The Bertz CT molecular complexity index is 812. The van der Waals surface area contributed by atoms with Gasteiger partial charge in [0.25, 0.3) is 5.91 Å². The molecule has 0 atom stereocenters. The lowest BCUT2D eigenvalue weighted by Crippen LogP contribution is -2.52. The number of rotatable bonds is 5. The van der Waals surface area contributed by atoms with E-state index in [0.29, 0.717) is 12.3 Å². The number of nitrogens with two attached hydrogens (primary N) is 1. The van der Waals surface area contributed by atoms with Crippen molar-refractivity contribution in [1.29, 1.82) is 0 Å². The summed E-state index contributed by atoms with van der Waals surface area (Å²) in [4.78, 5) is 20.1. The molecule has 0 saturated carbocycles. The molecule has 3 N–H and O–H groups in total. The molecule has 1 amide bonds. The van der Waals surface area contributed by atoms with Crippen molar-refractivity contribution in [2.75, 3.05) is 33.2 Å². The van der Waals surface area contributed by atoms with E-state index in [4.69, 9.17) is 21.8 Å². The zero-order chi connectivity index (χ0) is 19.2. The number of aliphatic imine (C=N–C) groups is 1. The number of halogens is 1. The van der Waals surface area contributed by atoms with E-state index in [0.717, 1.165) is 43.7 Å². The lowest BCUT2D eigenvalue weighted by atomic mass is 10.2. The van der Waals surface area contributed by atoms with Crippen molar-refractivity contribution >= 4 is 23.5 Å². The number of amides is 1. The van der Waals surface area contributed by atoms with Crippen molar-refractivity contribution in [1.82, 2.24) is 15.1 Å². The van der Waals surface area contributed by atoms with Gasteiger partial charge in [-0.25, -0.2) is 0 Å². The van der Waals surface area contributed by atoms with Gasteiger partial charge in [0.15, 0.2) is 11.7 Å². The number of carbonyl (C=O) groups is 1. The summed E-state index contributed by atoms with van der Waals surface area (Å²) in [7, 11) is 1.76. The van der Waals surface area contributed by atoms with Crippen molar-refractivity contribution in [2.24, 2.45) is 10.7 Å². The zero-order valence-corrected chi connectivity index (χ0v) is 16.1. The molecule has 0 bridgehead atoms. The fourth-order valence-electron chi connectivity index (χ4n) is 3.12. The molecule has 144 valence electrons. The van der Waals surface area contributed by atoms with Gasteiger partial charge in [0.1, 0.15) is 5.76 Å². The van der Waals surface area contributed by atoms with Crippen LogP contribution in [0.3, 0.4) is 0 Å². The number of furan rings is 1. The average Bonchev–Trinajstić information content (AvgIpc) is 3.13.